The molecule has 9 nitrogen and oxygen atoms in total. The second-order valence-electron chi connectivity index (χ2n) is 7.03. The minimum atomic E-state index is 0.137. The summed E-state index contributed by atoms with van der Waals surface area (Å²) in [6.45, 7) is 3.16. The molecule has 0 atom stereocenters. The topological polar surface area (TPSA) is 104 Å². The molecule has 5 heterocycles. The number of nitrogens with zero attached hydrogens (tertiary/aromatic N) is 6. The first-order valence-corrected chi connectivity index (χ1v) is 9.34. The first-order chi connectivity index (χ1) is 13.7. The quantitative estimate of drug-likeness (QED) is 0.567. The van der Waals surface area contributed by atoms with Gasteiger partial charge in [-0.15, -0.1) is 0 Å². The van der Waals surface area contributed by atoms with Crippen molar-refractivity contribution in [3.8, 4) is 11.3 Å². The molecule has 1 aliphatic heterocycles. The Kier molecular flexibility index (Phi) is 3.92. The van der Waals surface area contributed by atoms with Gasteiger partial charge < -0.3 is 15.2 Å². The molecular weight excluding hydrogens is 356 g/mol. The summed E-state index contributed by atoms with van der Waals surface area (Å²) in [4.78, 5) is 30.3. The lowest BCUT2D eigenvalue weighted by molar-refractivity contribution is -0.129. The van der Waals surface area contributed by atoms with Gasteiger partial charge in [0.25, 0.3) is 0 Å². The fourth-order valence-corrected chi connectivity index (χ4v) is 3.67. The summed E-state index contributed by atoms with van der Waals surface area (Å²) < 4.78 is 1.73. The number of anilines is 1. The fraction of sp³-hybridized carbons (Fsp3) is 0.316. The Balaban J connectivity index is 1.37. The lowest BCUT2D eigenvalue weighted by Gasteiger charge is -2.31. The van der Waals surface area contributed by atoms with E-state index in [-0.39, 0.29) is 11.9 Å². The van der Waals surface area contributed by atoms with Gasteiger partial charge in [0.1, 0.15) is 5.65 Å². The highest BCUT2D eigenvalue weighted by atomic mass is 16.2. The van der Waals surface area contributed by atoms with E-state index >= 15 is 0 Å². The van der Waals surface area contributed by atoms with Crippen LogP contribution in [0, 0.1) is 0 Å². The molecule has 4 aromatic rings. The van der Waals surface area contributed by atoms with E-state index in [4.69, 9.17) is 0 Å². The summed E-state index contributed by atoms with van der Waals surface area (Å²) in [5.74, 6) is 0.735. The number of aromatic nitrogens is 6. The van der Waals surface area contributed by atoms with Crippen LogP contribution in [-0.4, -0.2) is 59.5 Å². The minimum absolute atomic E-state index is 0.137. The van der Waals surface area contributed by atoms with Crippen molar-refractivity contribution in [3.63, 3.8) is 0 Å². The van der Waals surface area contributed by atoms with Crippen LogP contribution in [0.2, 0.25) is 0 Å². The minimum Gasteiger partial charge on any atom is -0.351 e. The van der Waals surface area contributed by atoms with E-state index in [1.165, 1.54) is 0 Å². The third-order valence-corrected chi connectivity index (χ3v) is 5.24. The van der Waals surface area contributed by atoms with E-state index in [0.717, 1.165) is 53.9 Å². The zero-order valence-corrected chi connectivity index (χ0v) is 15.5. The fourth-order valence-electron chi connectivity index (χ4n) is 3.67. The van der Waals surface area contributed by atoms with Crippen molar-refractivity contribution in [2.75, 3.05) is 18.4 Å². The number of rotatable bonds is 3. The molecule has 9 heteroatoms. The van der Waals surface area contributed by atoms with Crippen molar-refractivity contribution in [3.05, 3.63) is 36.9 Å². The first kappa shape index (κ1) is 16.7. The molecule has 1 aliphatic rings. The van der Waals surface area contributed by atoms with Crippen molar-refractivity contribution in [2.45, 2.75) is 25.8 Å². The summed E-state index contributed by atoms with van der Waals surface area (Å²) in [6, 6.07) is 4.07. The molecule has 1 amide bonds. The number of carbonyl (C=O) groups is 1. The van der Waals surface area contributed by atoms with Crippen molar-refractivity contribution in [2.24, 2.45) is 0 Å². The molecule has 0 spiro atoms. The van der Waals surface area contributed by atoms with E-state index in [1.54, 1.807) is 17.6 Å². The first-order valence-electron chi connectivity index (χ1n) is 9.34. The highest BCUT2D eigenvalue weighted by molar-refractivity contribution is 5.92. The molecule has 4 aromatic heterocycles. The van der Waals surface area contributed by atoms with Gasteiger partial charge in [-0.3, -0.25) is 4.79 Å². The number of aromatic amines is 1. The Morgan fingerprint density at radius 1 is 1.25 bits per heavy atom. The number of hydrogen-bond acceptors (Lipinski definition) is 6. The van der Waals surface area contributed by atoms with Gasteiger partial charge in [0, 0.05) is 61.7 Å². The number of amides is 1. The monoisotopic (exact) mass is 376 g/mol. The zero-order valence-electron chi connectivity index (χ0n) is 15.5. The van der Waals surface area contributed by atoms with Crippen LogP contribution in [0.15, 0.2) is 36.9 Å². The molecule has 0 radical (unpaired) electrons. The van der Waals surface area contributed by atoms with Crippen LogP contribution in [-0.2, 0) is 4.79 Å². The smallest absolute Gasteiger partial charge is 0.224 e. The average molecular weight is 376 g/mol. The molecule has 1 fully saturated rings. The predicted molar refractivity (Wildman–Crippen MR) is 105 cm³/mol. The molecule has 2 N–H and O–H groups in total. The van der Waals surface area contributed by atoms with E-state index in [1.807, 2.05) is 35.6 Å². The summed E-state index contributed by atoms with van der Waals surface area (Å²) in [5.41, 5.74) is 3.37. The maximum absolute atomic E-state index is 11.5. The normalized spacial score (nSPS) is 15.4. The van der Waals surface area contributed by atoms with Crippen LogP contribution in [0.3, 0.4) is 0 Å². The molecule has 0 saturated carbocycles. The van der Waals surface area contributed by atoms with Gasteiger partial charge in [0.2, 0.25) is 11.9 Å². The molecule has 0 aromatic carbocycles. The predicted octanol–water partition coefficient (Wildman–Crippen LogP) is 2.09. The lowest BCUT2D eigenvalue weighted by atomic mass is 10.1. The van der Waals surface area contributed by atoms with Gasteiger partial charge in [-0.05, 0) is 18.9 Å². The van der Waals surface area contributed by atoms with Crippen LogP contribution in [0.1, 0.15) is 19.8 Å². The van der Waals surface area contributed by atoms with E-state index in [9.17, 15) is 4.79 Å². The Morgan fingerprint density at radius 3 is 2.93 bits per heavy atom. The van der Waals surface area contributed by atoms with Crippen LogP contribution in [0.5, 0.6) is 0 Å². The Morgan fingerprint density at radius 2 is 2.11 bits per heavy atom. The summed E-state index contributed by atoms with van der Waals surface area (Å²) >= 11 is 0. The van der Waals surface area contributed by atoms with E-state index in [0.29, 0.717) is 5.95 Å². The van der Waals surface area contributed by atoms with Crippen molar-refractivity contribution in [1.29, 1.82) is 0 Å². The molecule has 142 valence electrons. The standard InChI is InChI=1S/C19H20N8O/c1-12(28)26-7-3-13(4-8-26)23-19-21-11-15-14(10-20-18(15)25-19)16-5-9-27-17(24-16)2-6-22-27/h2,5-6,9-11,13H,3-4,7-8H2,1H3,(H2,20,21,23,25). The van der Waals surface area contributed by atoms with Gasteiger partial charge >= 0.3 is 0 Å². The number of nitrogens with one attached hydrogen (secondary N) is 2. The van der Waals surface area contributed by atoms with Gasteiger partial charge in [-0.1, -0.05) is 0 Å². The number of H-pyrrole nitrogens is 1. The van der Waals surface area contributed by atoms with E-state index < -0.39 is 0 Å². The van der Waals surface area contributed by atoms with Crippen LogP contribution >= 0.6 is 0 Å². The summed E-state index contributed by atoms with van der Waals surface area (Å²) in [6.07, 6.45) is 9.13. The second-order valence-corrected chi connectivity index (χ2v) is 7.03. The number of piperidine rings is 1. The molecule has 0 bridgehead atoms. The number of carbonyl (C=O) groups excluding carboxylic acids is 1. The molecule has 28 heavy (non-hydrogen) atoms. The van der Waals surface area contributed by atoms with Crippen molar-refractivity contribution >= 4 is 28.5 Å². The van der Waals surface area contributed by atoms with Gasteiger partial charge in [0.15, 0.2) is 5.65 Å². The molecule has 5 rings (SSSR count). The Hall–Kier alpha value is -3.49. The van der Waals surface area contributed by atoms with E-state index in [2.05, 4.69) is 30.4 Å². The zero-order chi connectivity index (χ0) is 19.1. The van der Waals surface area contributed by atoms with Gasteiger partial charge in [0.05, 0.1) is 11.9 Å². The highest BCUT2D eigenvalue weighted by Crippen LogP contribution is 2.27. The summed E-state index contributed by atoms with van der Waals surface area (Å²) in [7, 11) is 0. The molecular formula is C19H20N8O. The SMILES string of the molecule is CC(=O)N1CCC(Nc2ncc3c(-c4ccn5nccc5n4)c[nH]c3n2)CC1. The van der Waals surface area contributed by atoms with Crippen molar-refractivity contribution < 1.29 is 4.79 Å². The molecule has 0 unspecified atom stereocenters. The molecule has 1 saturated heterocycles. The second kappa shape index (κ2) is 6.59. The largest absolute Gasteiger partial charge is 0.351 e. The lowest BCUT2D eigenvalue weighted by Crippen LogP contribution is -2.41. The summed E-state index contributed by atoms with van der Waals surface area (Å²) in [5, 5.41) is 8.50. The maximum Gasteiger partial charge on any atom is 0.224 e. The number of likely N-dealkylation sites (tertiary alicyclic amines) is 1. The highest BCUT2D eigenvalue weighted by Gasteiger charge is 2.21. The maximum atomic E-state index is 11.5. The molecule has 0 aliphatic carbocycles. The number of fused-ring (bicyclic) bond motifs is 2. The van der Waals surface area contributed by atoms with Crippen LogP contribution in [0.4, 0.5) is 5.95 Å². The Labute approximate surface area is 160 Å². The number of hydrogen-bond donors (Lipinski definition) is 2. The average Bonchev–Trinajstić information content (AvgIpc) is 3.34. The van der Waals surface area contributed by atoms with Crippen LogP contribution in [0.25, 0.3) is 27.9 Å². The third kappa shape index (κ3) is 2.94. The van der Waals surface area contributed by atoms with Crippen LogP contribution < -0.4 is 5.32 Å². The van der Waals surface area contributed by atoms with Gasteiger partial charge in [-0.25, -0.2) is 14.5 Å². The third-order valence-electron chi connectivity index (χ3n) is 5.24. The Bertz CT molecular complexity index is 1160. The van der Waals surface area contributed by atoms with Gasteiger partial charge in [-0.2, -0.15) is 10.1 Å². The van der Waals surface area contributed by atoms with Crippen molar-refractivity contribution in [1.82, 2.24) is 34.4 Å².